The normalized spacial score (nSPS) is 15.4. The summed E-state index contributed by atoms with van der Waals surface area (Å²) < 4.78 is 0. The maximum atomic E-state index is 2.54. The zero-order chi connectivity index (χ0) is 50.2. The van der Waals surface area contributed by atoms with Crippen molar-refractivity contribution in [3.63, 3.8) is 0 Å². The van der Waals surface area contributed by atoms with E-state index in [1.165, 1.54) is 116 Å². The number of hydrogen-bond acceptors (Lipinski definition) is 1. The molecule has 0 atom stereocenters. The first-order valence-electron chi connectivity index (χ1n) is 26.5. The maximum Gasteiger partial charge on any atom is 0.0714 e. The van der Waals surface area contributed by atoms with E-state index >= 15 is 0 Å². The maximum absolute atomic E-state index is 2.54. The van der Waals surface area contributed by atoms with E-state index in [1.807, 2.05) is 0 Å². The zero-order valence-corrected chi connectivity index (χ0v) is 45.5. The first kappa shape index (κ1) is 49.3. The Labute approximate surface area is 423 Å². The SMILES string of the molecule is CC(C)(C)c1ccc(C2(c3ccc(C(C)(C)C)cc3)c3ccccc3-c3ccc(N(c4ccc(-c5c(C(C)(C)C)cc(C(C)(C)C)cc5C(C)(C)C)cc4)c4ccc(C5CCCCC5)cc4)cc32)cc1. The van der Waals surface area contributed by atoms with Gasteiger partial charge in [0.15, 0.2) is 0 Å². The van der Waals surface area contributed by atoms with Crippen molar-refractivity contribution < 1.29 is 0 Å². The standard InChI is InChI=1S/C69H81N/c1-64(2,3)49-29-33-51(34-30-49)69(52-35-31-50(32-36-52)65(4,5)6)59-24-20-19-23-57(59)58-42-41-56(45-60(58)69)70(54-37-25-47(26-38-54)46-21-17-16-18-22-46)55-39-27-48(28-40-55)63-61(67(10,11)12)43-53(66(7,8)9)44-62(63)68(13,14)15/h19-20,23-46H,16-18,21-22H2,1-15H3. The molecule has 2 aliphatic carbocycles. The molecule has 0 spiro atoms. The molecule has 7 aromatic rings. The molecule has 1 fully saturated rings. The van der Waals surface area contributed by atoms with Crippen molar-refractivity contribution in [2.45, 2.75) is 174 Å². The molecule has 1 saturated carbocycles. The van der Waals surface area contributed by atoms with Crippen LogP contribution in [-0.2, 0) is 32.5 Å². The Kier molecular flexibility index (Phi) is 12.6. The summed E-state index contributed by atoms with van der Waals surface area (Å²) in [4.78, 5) is 2.52. The van der Waals surface area contributed by atoms with Crippen molar-refractivity contribution in [1.29, 1.82) is 0 Å². The first-order valence-corrected chi connectivity index (χ1v) is 26.5. The number of anilines is 3. The Balaban J connectivity index is 1.27. The van der Waals surface area contributed by atoms with Gasteiger partial charge in [-0.05, 0) is 160 Å². The summed E-state index contributed by atoms with van der Waals surface area (Å²) >= 11 is 0. The Morgan fingerprint density at radius 3 is 1.30 bits per heavy atom. The summed E-state index contributed by atoms with van der Waals surface area (Å²) in [6.07, 6.45) is 6.59. The van der Waals surface area contributed by atoms with E-state index in [9.17, 15) is 0 Å². The summed E-state index contributed by atoms with van der Waals surface area (Å²) in [6, 6.07) is 59.9. The molecule has 0 N–H and O–H groups in total. The average molecular weight is 924 g/mol. The molecule has 1 nitrogen and oxygen atoms in total. The van der Waals surface area contributed by atoms with Gasteiger partial charge in [-0.2, -0.15) is 0 Å². The highest BCUT2D eigenvalue weighted by molar-refractivity contribution is 5.90. The number of fused-ring (bicyclic) bond motifs is 3. The highest BCUT2D eigenvalue weighted by atomic mass is 15.1. The minimum Gasteiger partial charge on any atom is -0.310 e. The van der Waals surface area contributed by atoms with E-state index in [4.69, 9.17) is 0 Å². The van der Waals surface area contributed by atoms with E-state index < -0.39 is 5.41 Å². The van der Waals surface area contributed by atoms with Gasteiger partial charge in [0, 0.05) is 17.1 Å². The quantitative estimate of drug-likeness (QED) is 0.154. The van der Waals surface area contributed by atoms with E-state index in [0.717, 1.165) is 11.4 Å². The molecule has 9 rings (SSSR count). The second kappa shape index (κ2) is 17.9. The lowest BCUT2D eigenvalue weighted by Crippen LogP contribution is -2.29. The highest BCUT2D eigenvalue weighted by Gasteiger charge is 2.47. The van der Waals surface area contributed by atoms with E-state index in [0.29, 0.717) is 5.92 Å². The minimum atomic E-state index is -0.541. The third-order valence-corrected chi connectivity index (χ3v) is 15.9. The fourth-order valence-electron chi connectivity index (χ4n) is 11.8. The molecule has 0 heterocycles. The third kappa shape index (κ3) is 9.12. The fraction of sp³-hybridized carbons (Fsp3) is 0.391. The molecule has 0 unspecified atom stereocenters. The van der Waals surface area contributed by atoms with E-state index in [1.54, 1.807) is 0 Å². The predicted molar refractivity (Wildman–Crippen MR) is 303 cm³/mol. The summed E-state index contributed by atoms with van der Waals surface area (Å²) in [5.41, 5.74) is 21.8. The number of benzene rings is 7. The van der Waals surface area contributed by atoms with Gasteiger partial charge in [-0.1, -0.05) is 238 Å². The minimum absolute atomic E-state index is 0.0377. The van der Waals surface area contributed by atoms with Crippen LogP contribution in [0.15, 0.2) is 152 Å². The molecule has 7 aromatic carbocycles. The fourth-order valence-corrected chi connectivity index (χ4v) is 11.8. The van der Waals surface area contributed by atoms with Gasteiger partial charge in [0.2, 0.25) is 0 Å². The largest absolute Gasteiger partial charge is 0.310 e. The van der Waals surface area contributed by atoms with Crippen molar-refractivity contribution in [1.82, 2.24) is 0 Å². The molecular weight excluding hydrogens is 843 g/mol. The van der Waals surface area contributed by atoms with Gasteiger partial charge in [0.25, 0.3) is 0 Å². The number of rotatable bonds is 7. The Morgan fingerprint density at radius 1 is 0.386 bits per heavy atom. The van der Waals surface area contributed by atoms with Crippen LogP contribution >= 0.6 is 0 Å². The van der Waals surface area contributed by atoms with Crippen LogP contribution in [0, 0.1) is 0 Å². The van der Waals surface area contributed by atoms with Gasteiger partial charge in [-0.15, -0.1) is 0 Å². The van der Waals surface area contributed by atoms with Crippen LogP contribution in [0.5, 0.6) is 0 Å². The zero-order valence-electron chi connectivity index (χ0n) is 45.5. The number of hydrogen-bond donors (Lipinski definition) is 0. The molecule has 0 aromatic heterocycles. The predicted octanol–water partition coefficient (Wildman–Crippen LogP) is 19.7. The van der Waals surface area contributed by atoms with Crippen LogP contribution in [0.3, 0.4) is 0 Å². The first-order chi connectivity index (χ1) is 32.9. The lowest BCUT2D eigenvalue weighted by atomic mass is 9.67. The molecule has 1 heteroatoms. The summed E-state index contributed by atoms with van der Waals surface area (Å²) in [5, 5.41) is 0. The Hall–Kier alpha value is -5.66. The van der Waals surface area contributed by atoms with Crippen molar-refractivity contribution in [3.8, 4) is 22.3 Å². The lowest BCUT2D eigenvalue weighted by Gasteiger charge is -2.36. The van der Waals surface area contributed by atoms with Crippen molar-refractivity contribution in [3.05, 3.63) is 207 Å². The van der Waals surface area contributed by atoms with Crippen LogP contribution < -0.4 is 4.90 Å². The second-order valence-electron chi connectivity index (χ2n) is 26.2. The molecule has 0 saturated heterocycles. The Bertz CT molecular complexity index is 2880. The topological polar surface area (TPSA) is 3.24 Å². The van der Waals surface area contributed by atoms with Crippen molar-refractivity contribution in [2.75, 3.05) is 4.90 Å². The average Bonchev–Trinajstić information content (AvgIpc) is 3.61. The van der Waals surface area contributed by atoms with Crippen LogP contribution in [0.4, 0.5) is 17.1 Å². The van der Waals surface area contributed by atoms with E-state index in [-0.39, 0.29) is 27.1 Å². The molecule has 0 aliphatic heterocycles. The lowest BCUT2D eigenvalue weighted by molar-refractivity contribution is 0.443. The molecule has 362 valence electrons. The molecule has 70 heavy (non-hydrogen) atoms. The van der Waals surface area contributed by atoms with Gasteiger partial charge in [-0.3, -0.25) is 0 Å². The second-order valence-corrected chi connectivity index (χ2v) is 26.2. The van der Waals surface area contributed by atoms with Crippen LogP contribution in [0.2, 0.25) is 0 Å². The molecule has 0 bridgehead atoms. The monoisotopic (exact) mass is 924 g/mol. The van der Waals surface area contributed by atoms with Crippen LogP contribution in [-0.4, -0.2) is 0 Å². The van der Waals surface area contributed by atoms with Crippen LogP contribution in [0.25, 0.3) is 22.3 Å². The summed E-state index contributed by atoms with van der Waals surface area (Å²) in [7, 11) is 0. The molecule has 0 amide bonds. The van der Waals surface area contributed by atoms with Gasteiger partial charge in [0.05, 0.1) is 5.41 Å². The van der Waals surface area contributed by atoms with E-state index in [2.05, 4.69) is 260 Å². The molecule has 0 radical (unpaired) electrons. The van der Waals surface area contributed by atoms with Gasteiger partial charge >= 0.3 is 0 Å². The smallest absolute Gasteiger partial charge is 0.0714 e. The van der Waals surface area contributed by atoms with Crippen molar-refractivity contribution in [2.24, 2.45) is 0 Å². The van der Waals surface area contributed by atoms with Gasteiger partial charge in [-0.25, -0.2) is 0 Å². The molecular formula is C69H81N. The van der Waals surface area contributed by atoms with Crippen molar-refractivity contribution >= 4 is 17.1 Å². The van der Waals surface area contributed by atoms with Crippen LogP contribution in [0.1, 0.15) is 198 Å². The highest BCUT2D eigenvalue weighted by Crippen LogP contribution is 2.58. The number of nitrogens with zero attached hydrogens (tertiary/aromatic N) is 1. The third-order valence-electron chi connectivity index (χ3n) is 15.9. The Morgan fingerprint density at radius 2 is 0.829 bits per heavy atom. The van der Waals surface area contributed by atoms with Gasteiger partial charge < -0.3 is 4.90 Å². The summed E-state index contributed by atoms with van der Waals surface area (Å²) in [5.74, 6) is 0.641. The van der Waals surface area contributed by atoms with Gasteiger partial charge in [0.1, 0.15) is 0 Å². The molecule has 2 aliphatic rings. The summed E-state index contributed by atoms with van der Waals surface area (Å²) in [6.45, 7) is 35.2.